The van der Waals surface area contributed by atoms with Crippen LogP contribution in [0.2, 0.25) is 0 Å². The number of unbranched alkanes of at least 4 members (excludes halogenated alkanes) is 8. The zero-order valence-corrected chi connectivity index (χ0v) is 73.0. The van der Waals surface area contributed by atoms with Crippen LogP contribution in [0.1, 0.15) is 229 Å². The summed E-state index contributed by atoms with van der Waals surface area (Å²) in [6.45, 7) is 22.2. The second-order valence-corrected chi connectivity index (χ2v) is 31.9. The Morgan fingerprint density at radius 3 is 0.836 bits per heavy atom. The lowest BCUT2D eigenvalue weighted by molar-refractivity contribution is -0.136. The van der Waals surface area contributed by atoms with Crippen LogP contribution in [-0.4, -0.2) is 275 Å². The van der Waals surface area contributed by atoms with E-state index in [-0.39, 0.29) is 74.0 Å². The van der Waals surface area contributed by atoms with Crippen molar-refractivity contribution in [1.29, 1.82) is 0 Å². The van der Waals surface area contributed by atoms with Gasteiger partial charge in [-0.3, -0.25) is 67.1 Å². The summed E-state index contributed by atoms with van der Waals surface area (Å²) < 4.78 is 0. The third-order valence-electron chi connectivity index (χ3n) is 20.1. The van der Waals surface area contributed by atoms with Crippen LogP contribution in [0, 0.1) is 11.8 Å². The van der Waals surface area contributed by atoms with E-state index in [4.69, 9.17) is 0 Å². The van der Waals surface area contributed by atoms with E-state index in [1.165, 1.54) is 13.8 Å². The second-order valence-electron chi connectivity index (χ2n) is 31.9. The first-order valence-electron chi connectivity index (χ1n) is 43.1. The number of carbonyl (C=O) groups excluding carboxylic acids is 14. The van der Waals surface area contributed by atoms with Crippen LogP contribution >= 0.6 is 0 Å². The molecule has 0 aromatic carbocycles. The lowest BCUT2D eigenvalue weighted by Crippen LogP contribution is -2.61. The highest BCUT2D eigenvalue weighted by Gasteiger charge is 2.36. The summed E-state index contributed by atoms with van der Waals surface area (Å²) in [6, 6.07) is -11.5. The normalized spacial score (nSPS) is 23.5. The van der Waals surface area contributed by atoms with Gasteiger partial charge in [0.2, 0.25) is 70.9 Å². The van der Waals surface area contributed by atoms with Gasteiger partial charge in [-0.2, -0.15) is 0 Å². The summed E-state index contributed by atoms with van der Waals surface area (Å²) in [5, 5.41) is 62.0. The fourth-order valence-electron chi connectivity index (χ4n) is 13.0. The Morgan fingerprint density at radius 1 is 0.293 bits per heavy atom. The topological polar surface area (TPSA) is 492 Å². The van der Waals surface area contributed by atoms with Gasteiger partial charge in [0.25, 0.3) is 0 Å². The molecule has 0 radical (unpaired) electrons. The van der Waals surface area contributed by atoms with Crippen molar-refractivity contribution >= 4 is 82.5 Å². The van der Waals surface area contributed by atoms with Crippen LogP contribution in [0.4, 0.5) is 0 Å². The Labute approximate surface area is 692 Å². The Balaban J connectivity index is 0.00000116. The number of carbonyl (C=O) groups is 14. The van der Waals surface area contributed by atoms with Crippen molar-refractivity contribution in [3.8, 4) is 0 Å². The van der Waals surface area contributed by atoms with Gasteiger partial charge in [-0.05, 0) is 282 Å². The molecule has 0 aromatic heterocycles. The van der Waals surface area contributed by atoms with Crippen molar-refractivity contribution in [3.63, 3.8) is 0 Å². The minimum absolute atomic E-state index is 0.0686. The van der Waals surface area contributed by atoms with Gasteiger partial charge in [-0.1, -0.05) is 40.5 Å². The third-order valence-corrected chi connectivity index (χ3v) is 20.1. The summed E-state index contributed by atoms with van der Waals surface area (Å²) in [5.41, 5.74) is 0. The summed E-state index contributed by atoms with van der Waals surface area (Å²) in [4.78, 5) is 187. The van der Waals surface area contributed by atoms with E-state index in [1.54, 1.807) is 13.8 Å². The maximum absolute atomic E-state index is 14.1. The first-order valence-corrected chi connectivity index (χ1v) is 43.1. The van der Waals surface area contributed by atoms with Gasteiger partial charge in [0.05, 0.1) is 25.6 Å². The Morgan fingerprint density at radius 2 is 0.543 bits per heavy atom. The van der Waals surface area contributed by atoms with E-state index in [9.17, 15) is 67.1 Å². The molecule has 2 fully saturated rings. The predicted molar refractivity (Wildman–Crippen MR) is 452 cm³/mol. The van der Waals surface area contributed by atoms with Crippen molar-refractivity contribution in [1.82, 2.24) is 112 Å². The van der Waals surface area contributed by atoms with Crippen LogP contribution in [0.3, 0.4) is 0 Å². The van der Waals surface area contributed by atoms with Crippen LogP contribution in [-0.2, 0) is 67.1 Å². The van der Waals surface area contributed by atoms with Gasteiger partial charge in [0, 0.05) is 25.0 Å². The fourth-order valence-corrected chi connectivity index (χ4v) is 13.0. The molecule has 0 aliphatic carbocycles. The summed E-state index contributed by atoms with van der Waals surface area (Å²) >= 11 is 0. The Kier molecular flexibility index (Phi) is 59.4. The molecule has 668 valence electrons. The summed E-state index contributed by atoms with van der Waals surface area (Å²) in [7, 11) is 11.0. The average molecular weight is 1650 g/mol. The summed E-state index contributed by atoms with van der Waals surface area (Å²) in [5.74, 6) is -5.55. The predicted octanol–water partition coefficient (Wildman–Crippen LogP) is -1.04. The maximum Gasteiger partial charge on any atom is 0.243 e. The first-order chi connectivity index (χ1) is 55.4. The molecular formula is C81H155N21O14. The highest BCUT2D eigenvalue weighted by Crippen LogP contribution is 2.15. The largest absolute Gasteiger partial charge is 0.355 e. The Bertz CT molecular complexity index is 2890. The molecule has 2 saturated heterocycles. The van der Waals surface area contributed by atoms with Crippen molar-refractivity contribution in [2.45, 2.75) is 308 Å². The highest BCUT2D eigenvalue weighted by atomic mass is 16.2. The number of rotatable bonds is 50. The number of hydrogen-bond acceptors (Lipinski definition) is 23. The molecule has 2 aliphatic heterocycles. The van der Waals surface area contributed by atoms with Gasteiger partial charge in [-0.15, -0.1) is 0 Å². The quantitative estimate of drug-likeness (QED) is 0.0256. The number of hydrogen-bond donors (Lipinski definition) is 21. The zero-order chi connectivity index (χ0) is 86.8. The molecule has 0 unspecified atom stereocenters. The van der Waals surface area contributed by atoms with Crippen molar-refractivity contribution in [2.75, 3.05) is 114 Å². The average Bonchev–Trinajstić information content (AvgIpc) is 0.857. The lowest BCUT2D eigenvalue weighted by atomic mass is 9.99. The molecule has 12 amide bonds. The van der Waals surface area contributed by atoms with Gasteiger partial charge >= 0.3 is 0 Å². The van der Waals surface area contributed by atoms with Crippen LogP contribution in [0.25, 0.3) is 0 Å². The minimum Gasteiger partial charge on any atom is -0.355 e. The van der Waals surface area contributed by atoms with Crippen molar-refractivity contribution < 1.29 is 67.1 Å². The highest BCUT2D eigenvalue weighted by molar-refractivity contribution is 6.00. The first kappa shape index (κ1) is 107. The van der Waals surface area contributed by atoms with Crippen LogP contribution in [0.5, 0.6) is 0 Å². The standard InChI is InChI=1S/C42H81N11O7.C39H74N10O7/c1-28(2)26-47-37(55)25-32(54)27-46-24-16-12-17-33-29(3)48-34(18-9-13-21-43-6)40(58)49-30(4)38(56)52-35(19-10-14-22-44-7)41(59)50-31(5)39(57)53-36(42(60)51-33)20-11-15-23-45-8;1-26(2)24-29(50)25-43-23-15-11-19-33-39(56)48-31(17-9-13-21-41-6)37(54)45-27(3)34(51)46-30(16-8-12-20-40-5)36(53)44-28(4)35(52)47-32(38(55)49-33)18-10-14-22-42-7/h28-31,33-36,43-46,48H,9-27H2,1-8H3,(H,47,55)(H,49,58)(H,50,59)(H,51,60)(H,52,56)(H,53,57);26-28,30-33,40-43H,8-25H2,1-7H3,(H,44,53)(H,45,54)(H,46,51)(H,47,52)(H,48,56)(H,49,55)/t29-,30-,31-,33-,34+,35+,36+;27-,28-,30+,31+,32+,33-/m11/s1. The molecule has 0 bridgehead atoms. The van der Waals surface area contributed by atoms with E-state index in [2.05, 4.69) is 112 Å². The molecule has 0 aromatic rings. The van der Waals surface area contributed by atoms with Crippen molar-refractivity contribution in [2.24, 2.45) is 11.8 Å². The smallest absolute Gasteiger partial charge is 0.243 e. The maximum atomic E-state index is 14.1. The minimum atomic E-state index is -1.05. The van der Waals surface area contributed by atoms with Gasteiger partial charge in [-0.25, -0.2) is 0 Å². The van der Waals surface area contributed by atoms with Gasteiger partial charge in [0.1, 0.15) is 66.2 Å². The lowest BCUT2D eigenvalue weighted by Gasteiger charge is -2.32. The van der Waals surface area contributed by atoms with Gasteiger partial charge < -0.3 is 112 Å². The van der Waals surface area contributed by atoms with Gasteiger partial charge in [0.15, 0.2) is 5.78 Å². The SMILES string of the molecule is CNCCCC[C@@H]1NC(=O)[C@@H](C)NC(=O)[C@H](CCCCNC)NC(=O)[C@@H](CCCCNCC(=O)CC(C)C)NC(=O)[C@H](CCCCNC)NC(=O)[C@@H](C)NC1=O.CNCCCC[C@@H]1NC(=O)[C@@H](C)NC(=O)[C@H](CCCCNC)N[C@H](C)[C@@H](CCCCNCC(=O)CC(=O)NCC(C)C)NC(=O)[C@H](CCCCNC)NC(=O)[C@@H](C)NC1=O. The van der Waals surface area contributed by atoms with E-state index in [0.717, 1.165) is 58.2 Å². The molecule has 2 rings (SSSR count). The van der Waals surface area contributed by atoms with Crippen LogP contribution < -0.4 is 112 Å². The molecule has 35 heteroatoms. The monoisotopic (exact) mass is 1650 g/mol. The third kappa shape index (κ3) is 49.1. The number of nitrogens with one attached hydrogen (secondary N) is 21. The molecule has 0 spiro atoms. The molecule has 0 saturated carbocycles. The number of Topliss-reactive ketones (excluding diaryl/α,β-unsaturated/α-hetero) is 2. The summed E-state index contributed by atoms with van der Waals surface area (Å²) in [6.07, 6.45) is 13.9. The number of ketones is 2. The number of amides is 12. The molecule has 2 heterocycles. The molecule has 21 N–H and O–H groups in total. The molecule has 13 atom stereocenters. The van der Waals surface area contributed by atoms with E-state index < -0.39 is 132 Å². The second kappa shape index (κ2) is 64.6. The molecule has 35 nitrogen and oxygen atoms in total. The molecule has 116 heavy (non-hydrogen) atoms. The van der Waals surface area contributed by atoms with Crippen LogP contribution in [0.15, 0.2) is 0 Å². The van der Waals surface area contributed by atoms with E-state index in [0.29, 0.717) is 148 Å². The zero-order valence-electron chi connectivity index (χ0n) is 73.0. The Hall–Kier alpha value is -7.38. The molecular weight excluding hydrogens is 1490 g/mol. The van der Waals surface area contributed by atoms with E-state index in [1.807, 2.05) is 76.9 Å². The fraction of sp³-hybridized carbons (Fsp3) is 0.827. The van der Waals surface area contributed by atoms with E-state index >= 15 is 0 Å². The molecule has 2 aliphatic rings. The van der Waals surface area contributed by atoms with Crippen molar-refractivity contribution in [3.05, 3.63) is 0 Å².